The zero-order chi connectivity index (χ0) is 15.1. The molecular formula is C15H15N3O3. The van der Waals surface area contributed by atoms with Crippen LogP contribution in [0.25, 0.3) is 0 Å². The molecule has 1 aromatic heterocycles. The van der Waals surface area contributed by atoms with Gasteiger partial charge < -0.3 is 10.1 Å². The van der Waals surface area contributed by atoms with Crippen molar-refractivity contribution in [2.24, 2.45) is 0 Å². The number of methoxy groups -OCH3 is 1. The largest absolute Gasteiger partial charge is 0.469 e. The van der Waals surface area contributed by atoms with Gasteiger partial charge in [0.2, 0.25) is 0 Å². The third-order valence-electron chi connectivity index (χ3n) is 2.90. The summed E-state index contributed by atoms with van der Waals surface area (Å²) in [5, 5.41) is 2.77. The van der Waals surface area contributed by atoms with E-state index in [2.05, 4.69) is 20.0 Å². The third kappa shape index (κ3) is 4.10. The monoisotopic (exact) mass is 285 g/mol. The van der Waals surface area contributed by atoms with Gasteiger partial charge in [0.15, 0.2) is 0 Å². The number of amides is 1. The summed E-state index contributed by atoms with van der Waals surface area (Å²) < 4.78 is 4.67. The summed E-state index contributed by atoms with van der Waals surface area (Å²) in [4.78, 5) is 31.4. The second-order valence-corrected chi connectivity index (χ2v) is 4.31. The molecule has 0 aliphatic rings. The molecule has 1 aromatic carbocycles. The van der Waals surface area contributed by atoms with Crippen molar-refractivity contribution in [1.82, 2.24) is 15.3 Å². The van der Waals surface area contributed by atoms with Crippen molar-refractivity contribution in [2.75, 3.05) is 7.11 Å². The molecule has 1 atom stereocenters. The highest BCUT2D eigenvalue weighted by Crippen LogP contribution is 2.17. The van der Waals surface area contributed by atoms with Gasteiger partial charge in [0.1, 0.15) is 5.69 Å². The van der Waals surface area contributed by atoms with Crippen LogP contribution >= 0.6 is 0 Å². The fourth-order valence-corrected chi connectivity index (χ4v) is 1.84. The molecule has 1 N–H and O–H groups in total. The first-order valence-electron chi connectivity index (χ1n) is 6.39. The fourth-order valence-electron chi connectivity index (χ4n) is 1.84. The van der Waals surface area contributed by atoms with Gasteiger partial charge in [0.25, 0.3) is 5.91 Å². The van der Waals surface area contributed by atoms with E-state index in [1.165, 1.54) is 25.7 Å². The average molecular weight is 285 g/mol. The number of hydrogen-bond acceptors (Lipinski definition) is 5. The predicted molar refractivity (Wildman–Crippen MR) is 75.3 cm³/mol. The van der Waals surface area contributed by atoms with Crippen LogP contribution in [-0.4, -0.2) is 29.0 Å². The molecule has 0 fully saturated rings. The van der Waals surface area contributed by atoms with Gasteiger partial charge in [-0.05, 0) is 5.56 Å². The molecule has 0 aliphatic carbocycles. The first-order valence-corrected chi connectivity index (χ1v) is 6.39. The summed E-state index contributed by atoms with van der Waals surface area (Å²) in [6.07, 6.45) is 4.34. The van der Waals surface area contributed by atoms with E-state index >= 15 is 0 Å². The van der Waals surface area contributed by atoms with Gasteiger partial charge in [0, 0.05) is 12.4 Å². The zero-order valence-corrected chi connectivity index (χ0v) is 11.5. The molecule has 6 heteroatoms. The lowest BCUT2D eigenvalue weighted by Gasteiger charge is -2.17. The van der Waals surface area contributed by atoms with E-state index < -0.39 is 12.0 Å². The van der Waals surface area contributed by atoms with E-state index in [1.54, 1.807) is 0 Å². The minimum absolute atomic E-state index is 0.0481. The Hall–Kier alpha value is -2.76. The maximum Gasteiger partial charge on any atom is 0.307 e. The van der Waals surface area contributed by atoms with Gasteiger partial charge in [-0.15, -0.1) is 0 Å². The van der Waals surface area contributed by atoms with Crippen molar-refractivity contribution in [1.29, 1.82) is 0 Å². The quantitative estimate of drug-likeness (QED) is 0.842. The first kappa shape index (κ1) is 14.6. The topological polar surface area (TPSA) is 81.2 Å². The molecule has 108 valence electrons. The van der Waals surface area contributed by atoms with Crippen molar-refractivity contribution < 1.29 is 14.3 Å². The van der Waals surface area contributed by atoms with Gasteiger partial charge in [0.05, 0.1) is 25.8 Å². The average Bonchev–Trinajstić information content (AvgIpc) is 2.55. The lowest BCUT2D eigenvalue weighted by Crippen LogP contribution is -2.31. The highest BCUT2D eigenvalue weighted by molar-refractivity contribution is 5.92. The van der Waals surface area contributed by atoms with Crippen LogP contribution in [0.4, 0.5) is 0 Å². The summed E-state index contributed by atoms with van der Waals surface area (Å²) in [6, 6.07) is 8.74. The normalized spacial score (nSPS) is 11.5. The molecule has 0 aliphatic heterocycles. The van der Waals surface area contributed by atoms with Crippen LogP contribution in [0.2, 0.25) is 0 Å². The van der Waals surface area contributed by atoms with Crippen LogP contribution in [0.3, 0.4) is 0 Å². The van der Waals surface area contributed by atoms with Crippen molar-refractivity contribution in [2.45, 2.75) is 12.5 Å². The minimum atomic E-state index is -0.479. The maximum absolute atomic E-state index is 12.1. The first-order chi connectivity index (χ1) is 10.2. The Morgan fingerprint density at radius 2 is 2.00 bits per heavy atom. The van der Waals surface area contributed by atoms with Gasteiger partial charge >= 0.3 is 5.97 Å². The summed E-state index contributed by atoms with van der Waals surface area (Å²) in [6.45, 7) is 0. The van der Waals surface area contributed by atoms with Crippen LogP contribution < -0.4 is 5.32 Å². The molecule has 0 unspecified atom stereocenters. The molecule has 0 saturated heterocycles. The van der Waals surface area contributed by atoms with E-state index in [0.29, 0.717) is 0 Å². The molecule has 0 saturated carbocycles. The number of carbonyl (C=O) groups is 2. The van der Waals surface area contributed by atoms with E-state index in [0.717, 1.165) is 5.56 Å². The highest BCUT2D eigenvalue weighted by Gasteiger charge is 2.20. The van der Waals surface area contributed by atoms with Gasteiger partial charge in [-0.3, -0.25) is 14.6 Å². The lowest BCUT2D eigenvalue weighted by atomic mass is 10.0. The smallest absolute Gasteiger partial charge is 0.307 e. The molecule has 6 nitrogen and oxygen atoms in total. The van der Waals surface area contributed by atoms with Gasteiger partial charge in [-0.2, -0.15) is 0 Å². The molecule has 2 rings (SSSR count). The molecule has 1 heterocycles. The van der Waals surface area contributed by atoms with Gasteiger partial charge in [-0.25, -0.2) is 4.98 Å². The van der Waals surface area contributed by atoms with E-state index in [1.807, 2.05) is 30.3 Å². The number of ether oxygens (including phenoxy) is 1. The van der Waals surface area contributed by atoms with Crippen LogP contribution in [-0.2, 0) is 9.53 Å². The molecule has 0 spiro atoms. The fraction of sp³-hybridized carbons (Fsp3) is 0.200. The summed E-state index contributed by atoms with van der Waals surface area (Å²) in [5.74, 6) is -0.788. The van der Waals surface area contributed by atoms with Crippen molar-refractivity contribution >= 4 is 11.9 Å². The van der Waals surface area contributed by atoms with Gasteiger partial charge in [-0.1, -0.05) is 30.3 Å². The number of carbonyl (C=O) groups excluding carboxylic acids is 2. The second-order valence-electron chi connectivity index (χ2n) is 4.31. The lowest BCUT2D eigenvalue weighted by molar-refractivity contribution is -0.141. The number of nitrogens with zero attached hydrogens (tertiary/aromatic N) is 2. The standard InChI is InChI=1S/C15H15N3O3/c1-21-14(19)9-12(11-5-3-2-4-6-11)18-15(20)13-10-16-7-8-17-13/h2-8,10,12H,9H2,1H3,(H,18,20)/t12-/m1/s1. The van der Waals surface area contributed by atoms with Crippen LogP contribution in [0, 0.1) is 0 Å². The van der Waals surface area contributed by atoms with Crippen molar-refractivity contribution in [3.8, 4) is 0 Å². The SMILES string of the molecule is COC(=O)C[C@@H](NC(=O)c1cnccn1)c1ccccc1. The van der Waals surface area contributed by atoms with Crippen LogP contribution in [0.1, 0.15) is 28.5 Å². The Kier molecular flexibility index (Phi) is 4.98. The summed E-state index contributed by atoms with van der Waals surface area (Å²) in [5.41, 5.74) is 1.02. The number of aromatic nitrogens is 2. The molecule has 2 aromatic rings. The molecule has 0 bridgehead atoms. The second kappa shape index (κ2) is 7.14. The summed E-state index contributed by atoms with van der Waals surface area (Å²) >= 11 is 0. The Balaban J connectivity index is 2.16. The molecule has 0 radical (unpaired) electrons. The number of benzene rings is 1. The Morgan fingerprint density at radius 3 is 2.62 bits per heavy atom. The molecular weight excluding hydrogens is 270 g/mol. The predicted octanol–water partition coefficient (Wildman–Crippen LogP) is 1.51. The van der Waals surface area contributed by atoms with Crippen molar-refractivity contribution in [3.63, 3.8) is 0 Å². The number of hydrogen-bond donors (Lipinski definition) is 1. The van der Waals surface area contributed by atoms with E-state index in [4.69, 9.17) is 0 Å². The van der Waals surface area contributed by atoms with Crippen molar-refractivity contribution in [3.05, 3.63) is 60.2 Å². The maximum atomic E-state index is 12.1. The minimum Gasteiger partial charge on any atom is -0.469 e. The molecule has 21 heavy (non-hydrogen) atoms. The van der Waals surface area contributed by atoms with E-state index in [-0.39, 0.29) is 18.0 Å². The molecule has 1 amide bonds. The number of nitrogens with one attached hydrogen (secondary N) is 1. The Bertz CT molecular complexity index is 602. The zero-order valence-electron chi connectivity index (χ0n) is 11.5. The Labute approximate surface area is 122 Å². The van der Waals surface area contributed by atoms with Crippen LogP contribution in [0.5, 0.6) is 0 Å². The third-order valence-corrected chi connectivity index (χ3v) is 2.90. The van der Waals surface area contributed by atoms with Crippen LogP contribution in [0.15, 0.2) is 48.9 Å². The number of rotatable bonds is 5. The number of esters is 1. The highest BCUT2D eigenvalue weighted by atomic mass is 16.5. The summed E-state index contributed by atoms with van der Waals surface area (Å²) in [7, 11) is 1.31. The van der Waals surface area contributed by atoms with E-state index in [9.17, 15) is 9.59 Å². The Morgan fingerprint density at radius 1 is 1.24 bits per heavy atom.